The molecule has 0 aromatic heterocycles. The summed E-state index contributed by atoms with van der Waals surface area (Å²) in [7, 11) is 2.07. The second kappa shape index (κ2) is 6.12. The Morgan fingerprint density at radius 1 is 1.38 bits per heavy atom. The summed E-state index contributed by atoms with van der Waals surface area (Å²) in [6.07, 6.45) is 0. The van der Waals surface area contributed by atoms with Crippen molar-refractivity contribution in [3.63, 3.8) is 0 Å². The molecule has 1 N–H and O–H groups in total. The van der Waals surface area contributed by atoms with E-state index >= 15 is 0 Å². The zero-order valence-electron chi connectivity index (χ0n) is 10.5. The Morgan fingerprint density at radius 3 is 2.56 bits per heavy atom. The number of rotatable bonds is 5. The standard InChI is InChI=1S/C13H21ClN2/c1-5-15-10(3)12-8-7-11(9-13(12)14)16(4)6-2/h7-10,15H,5-6H2,1-4H3. The third-order valence-corrected chi connectivity index (χ3v) is 3.20. The highest BCUT2D eigenvalue weighted by Crippen LogP contribution is 2.27. The predicted octanol–water partition coefficient (Wildman–Crippen LogP) is 3.47. The van der Waals surface area contributed by atoms with E-state index in [1.807, 2.05) is 6.07 Å². The first-order valence-electron chi connectivity index (χ1n) is 5.84. The SMILES string of the molecule is CCNC(C)c1ccc(N(C)CC)cc1Cl. The Morgan fingerprint density at radius 2 is 2.06 bits per heavy atom. The van der Waals surface area contributed by atoms with Crippen molar-refractivity contribution in [1.29, 1.82) is 0 Å². The van der Waals surface area contributed by atoms with E-state index in [1.165, 1.54) is 5.69 Å². The lowest BCUT2D eigenvalue weighted by atomic mass is 10.1. The zero-order valence-corrected chi connectivity index (χ0v) is 11.3. The molecule has 0 heterocycles. The molecule has 0 aliphatic heterocycles. The summed E-state index contributed by atoms with van der Waals surface area (Å²) in [5.74, 6) is 0. The average Bonchev–Trinajstić information content (AvgIpc) is 2.28. The summed E-state index contributed by atoms with van der Waals surface area (Å²) < 4.78 is 0. The molecule has 90 valence electrons. The van der Waals surface area contributed by atoms with Crippen molar-refractivity contribution in [2.24, 2.45) is 0 Å². The minimum Gasteiger partial charge on any atom is -0.375 e. The van der Waals surface area contributed by atoms with Gasteiger partial charge in [0.2, 0.25) is 0 Å². The molecule has 2 nitrogen and oxygen atoms in total. The average molecular weight is 241 g/mol. The van der Waals surface area contributed by atoms with E-state index < -0.39 is 0 Å². The molecule has 1 aromatic rings. The molecular formula is C13H21ClN2. The number of nitrogens with one attached hydrogen (secondary N) is 1. The number of hydrogen-bond acceptors (Lipinski definition) is 2. The first-order chi connectivity index (χ1) is 7.60. The fraction of sp³-hybridized carbons (Fsp3) is 0.538. The Bertz CT molecular complexity index is 339. The number of anilines is 1. The van der Waals surface area contributed by atoms with Crippen LogP contribution in [0.25, 0.3) is 0 Å². The van der Waals surface area contributed by atoms with E-state index in [2.05, 4.69) is 50.2 Å². The Balaban J connectivity index is 2.91. The molecule has 1 unspecified atom stereocenters. The van der Waals surface area contributed by atoms with Gasteiger partial charge in [-0.2, -0.15) is 0 Å². The van der Waals surface area contributed by atoms with E-state index in [9.17, 15) is 0 Å². The fourth-order valence-corrected chi connectivity index (χ4v) is 2.04. The van der Waals surface area contributed by atoms with Crippen molar-refractivity contribution in [3.8, 4) is 0 Å². The van der Waals surface area contributed by atoms with Gasteiger partial charge in [-0.25, -0.2) is 0 Å². The predicted molar refractivity (Wildman–Crippen MR) is 72.5 cm³/mol. The second-order valence-corrected chi connectivity index (χ2v) is 4.41. The van der Waals surface area contributed by atoms with E-state index in [4.69, 9.17) is 11.6 Å². The van der Waals surface area contributed by atoms with Gasteiger partial charge >= 0.3 is 0 Å². The summed E-state index contributed by atoms with van der Waals surface area (Å²) in [4.78, 5) is 2.17. The zero-order chi connectivity index (χ0) is 12.1. The molecule has 0 amide bonds. The molecule has 0 bridgehead atoms. The van der Waals surface area contributed by atoms with Crippen LogP contribution in [0, 0.1) is 0 Å². The largest absolute Gasteiger partial charge is 0.375 e. The van der Waals surface area contributed by atoms with Crippen LogP contribution in [0.4, 0.5) is 5.69 Å². The van der Waals surface area contributed by atoms with Crippen molar-refractivity contribution in [2.45, 2.75) is 26.8 Å². The van der Waals surface area contributed by atoms with E-state index in [0.717, 1.165) is 23.7 Å². The maximum absolute atomic E-state index is 6.29. The van der Waals surface area contributed by atoms with Gasteiger partial charge in [0, 0.05) is 30.3 Å². The van der Waals surface area contributed by atoms with Gasteiger partial charge in [0.05, 0.1) is 0 Å². The maximum Gasteiger partial charge on any atom is 0.0474 e. The van der Waals surface area contributed by atoms with Crippen LogP contribution in [0.1, 0.15) is 32.4 Å². The van der Waals surface area contributed by atoms with Gasteiger partial charge in [-0.05, 0) is 38.1 Å². The molecule has 0 radical (unpaired) electrons. The lowest BCUT2D eigenvalue weighted by Crippen LogP contribution is -2.19. The fourth-order valence-electron chi connectivity index (χ4n) is 1.70. The van der Waals surface area contributed by atoms with Gasteiger partial charge in [-0.15, -0.1) is 0 Å². The van der Waals surface area contributed by atoms with E-state index in [0.29, 0.717) is 6.04 Å². The highest BCUT2D eigenvalue weighted by Gasteiger charge is 2.09. The molecular weight excluding hydrogens is 220 g/mol. The third-order valence-electron chi connectivity index (χ3n) is 2.88. The summed E-state index contributed by atoms with van der Waals surface area (Å²) >= 11 is 6.29. The van der Waals surface area contributed by atoms with Crippen LogP contribution < -0.4 is 10.2 Å². The number of halogens is 1. The highest BCUT2D eigenvalue weighted by atomic mass is 35.5. The summed E-state index contributed by atoms with van der Waals surface area (Å²) in [6.45, 7) is 8.30. The first kappa shape index (κ1) is 13.3. The van der Waals surface area contributed by atoms with Crippen LogP contribution in [0.3, 0.4) is 0 Å². The molecule has 1 aromatic carbocycles. The van der Waals surface area contributed by atoms with Crippen molar-refractivity contribution < 1.29 is 0 Å². The van der Waals surface area contributed by atoms with Crippen LogP contribution >= 0.6 is 11.6 Å². The summed E-state index contributed by atoms with van der Waals surface area (Å²) in [5.41, 5.74) is 2.33. The molecule has 3 heteroatoms. The Labute approximate surface area is 104 Å². The van der Waals surface area contributed by atoms with Crippen LogP contribution in [-0.2, 0) is 0 Å². The molecule has 1 atom stereocenters. The van der Waals surface area contributed by atoms with E-state index in [1.54, 1.807) is 0 Å². The minimum absolute atomic E-state index is 0.304. The minimum atomic E-state index is 0.304. The van der Waals surface area contributed by atoms with Gasteiger partial charge in [-0.1, -0.05) is 24.6 Å². The second-order valence-electron chi connectivity index (χ2n) is 4.00. The van der Waals surface area contributed by atoms with Crippen LogP contribution in [0.2, 0.25) is 5.02 Å². The molecule has 0 aliphatic rings. The maximum atomic E-state index is 6.29. The van der Waals surface area contributed by atoms with Crippen molar-refractivity contribution in [2.75, 3.05) is 25.0 Å². The third kappa shape index (κ3) is 3.13. The molecule has 0 spiro atoms. The van der Waals surface area contributed by atoms with Crippen LogP contribution in [0.15, 0.2) is 18.2 Å². The number of benzene rings is 1. The molecule has 0 saturated heterocycles. The topological polar surface area (TPSA) is 15.3 Å². The quantitative estimate of drug-likeness (QED) is 0.848. The Kier molecular flexibility index (Phi) is 5.10. The van der Waals surface area contributed by atoms with E-state index in [-0.39, 0.29) is 0 Å². The van der Waals surface area contributed by atoms with Gasteiger partial charge in [0.15, 0.2) is 0 Å². The molecule has 0 aliphatic carbocycles. The van der Waals surface area contributed by atoms with Crippen LogP contribution in [0.5, 0.6) is 0 Å². The van der Waals surface area contributed by atoms with Gasteiger partial charge in [-0.3, -0.25) is 0 Å². The molecule has 1 rings (SSSR count). The van der Waals surface area contributed by atoms with Crippen molar-refractivity contribution in [3.05, 3.63) is 28.8 Å². The highest BCUT2D eigenvalue weighted by molar-refractivity contribution is 6.31. The van der Waals surface area contributed by atoms with Gasteiger partial charge < -0.3 is 10.2 Å². The first-order valence-corrected chi connectivity index (χ1v) is 6.21. The summed E-state index contributed by atoms with van der Waals surface area (Å²) in [6, 6.07) is 6.57. The Hall–Kier alpha value is -0.730. The van der Waals surface area contributed by atoms with Gasteiger partial charge in [0.25, 0.3) is 0 Å². The van der Waals surface area contributed by atoms with Gasteiger partial charge in [0.1, 0.15) is 0 Å². The molecule has 0 fully saturated rings. The monoisotopic (exact) mass is 240 g/mol. The van der Waals surface area contributed by atoms with Crippen LogP contribution in [-0.4, -0.2) is 20.1 Å². The smallest absolute Gasteiger partial charge is 0.0474 e. The molecule has 0 saturated carbocycles. The van der Waals surface area contributed by atoms with Crippen molar-refractivity contribution >= 4 is 17.3 Å². The normalized spacial score (nSPS) is 12.6. The molecule has 16 heavy (non-hydrogen) atoms. The lowest BCUT2D eigenvalue weighted by molar-refractivity contribution is 0.598. The number of nitrogens with zero attached hydrogens (tertiary/aromatic N) is 1. The lowest BCUT2D eigenvalue weighted by Gasteiger charge is -2.20. The van der Waals surface area contributed by atoms with Crippen molar-refractivity contribution in [1.82, 2.24) is 5.32 Å². The number of hydrogen-bond donors (Lipinski definition) is 1. The summed E-state index contributed by atoms with van der Waals surface area (Å²) in [5, 5.41) is 4.21.